The summed E-state index contributed by atoms with van der Waals surface area (Å²) in [6.45, 7) is 2.53. The highest BCUT2D eigenvalue weighted by Gasteiger charge is 2.40. The summed E-state index contributed by atoms with van der Waals surface area (Å²) in [5.41, 5.74) is -0.0288. The molecule has 1 N–H and O–H groups in total. The quantitative estimate of drug-likeness (QED) is 0.890. The van der Waals surface area contributed by atoms with Crippen molar-refractivity contribution in [2.45, 2.75) is 31.5 Å². The summed E-state index contributed by atoms with van der Waals surface area (Å²) in [4.78, 5) is 0. The molecule has 96 valence electrons. The monoisotopic (exact) mass is 250 g/mol. The Labute approximate surface area is 104 Å². The lowest BCUT2D eigenvalue weighted by Crippen LogP contribution is -2.31. The molecule has 1 aromatic heterocycles. The molecular weight excluding hydrogens is 235 g/mol. The average molecular weight is 250 g/mol. The lowest BCUT2D eigenvalue weighted by atomic mass is 9.94. The van der Waals surface area contributed by atoms with E-state index in [2.05, 4.69) is 0 Å². The molecule has 1 aromatic carbocycles. The van der Waals surface area contributed by atoms with Crippen LogP contribution in [0.5, 0.6) is 0 Å². The molecule has 1 saturated heterocycles. The van der Waals surface area contributed by atoms with E-state index >= 15 is 0 Å². The Morgan fingerprint density at radius 3 is 2.94 bits per heavy atom. The van der Waals surface area contributed by atoms with Crippen LogP contribution in [0.15, 0.2) is 28.7 Å². The number of hydrogen-bond acceptors (Lipinski definition) is 3. The van der Waals surface area contributed by atoms with Crippen molar-refractivity contribution in [3.05, 3.63) is 35.8 Å². The Morgan fingerprint density at radius 2 is 2.22 bits per heavy atom. The summed E-state index contributed by atoms with van der Waals surface area (Å²) in [6, 6.07) is 5.98. The second-order valence-electron chi connectivity index (χ2n) is 5.00. The first-order valence-corrected chi connectivity index (χ1v) is 6.09. The second kappa shape index (κ2) is 4.07. The van der Waals surface area contributed by atoms with Crippen molar-refractivity contribution in [3.8, 4) is 0 Å². The lowest BCUT2D eigenvalue weighted by molar-refractivity contribution is -0.0869. The first-order valence-electron chi connectivity index (χ1n) is 6.09. The molecule has 0 amide bonds. The second-order valence-corrected chi connectivity index (χ2v) is 5.00. The van der Waals surface area contributed by atoms with Crippen LogP contribution < -0.4 is 0 Å². The van der Waals surface area contributed by atoms with Gasteiger partial charge in [-0.1, -0.05) is 0 Å². The smallest absolute Gasteiger partial charge is 0.140 e. The number of furan rings is 1. The molecule has 1 aliphatic rings. The molecule has 18 heavy (non-hydrogen) atoms. The van der Waals surface area contributed by atoms with Gasteiger partial charge in [-0.2, -0.15) is 0 Å². The summed E-state index contributed by atoms with van der Waals surface area (Å²) < 4.78 is 24.3. The highest BCUT2D eigenvalue weighted by Crippen LogP contribution is 2.39. The fourth-order valence-electron chi connectivity index (χ4n) is 2.49. The Hall–Kier alpha value is -1.39. The summed E-state index contributed by atoms with van der Waals surface area (Å²) in [6.07, 6.45) is 0.901. The van der Waals surface area contributed by atoms with Gasteiger partial charge in [-0.25, -0.2) is 4.39 Å². The van der Waals surface area contributed by atoms with Gasteiger partial charge in [0.2, 0.25) is 0 Å². The SMILES string of the molecule is CC1(C(O)c2cc3cc(F)ccc3o2)CCCO1. The van der Waals surface area contributed by atoms with Crippen LogP contribution in [-0.4, -0.2) is 17.3 Å². The lowest BCUT2D eigenvalue weighted by Gasteiger charge is -2.27. The van der Waals surface area contributed by atoms with Crippen molar-refractivity contribution in [1.82, 2.24) is 0 Å². The standard InChI is InChI=1S/C14H15FO3/c1-14(5-2-6-17-14)13(16)12-8-9-7-10(15)3-4-11(9)18-12/h3-4,7-8,13,16H,2,5-6H2,1H3. The minimum Gasteiger partial charge on any atom is -0.458 e. The summed E-state index contributed by atoms with van der Waals surface area (Å²) in [5, 5.41) is 11.0. The molecule has 0 radical (unpaired) electrons. The molecule has 0 aliphatic carbocycles. The van der Waals surface area contributed by atoms with Crippen molar-refractivity contribution in [3.63, 3.8) is 0 Å². The van der Waals surface area contributed by atoms with Crippen molar-refractivity contribution >= 4 is 11.0 Å². The summed E-state index contributed by atoms with van der Waals surface area (Å²) in [7, 11) is 0. The van der Waals surface area contributed by atoms with Crippen LogP contribution in [0.25, 0.3) is 11.0 Å². The minimum absolute atomic E-state index is 0.312. The molecule has 0 bridgehead atoms. The predicted molar refractivity (Wildman–Crippen MR) is 64.7 cm³/mol. The number of fused-ring (bicyclic) bond motifs is 1. The van der Waals surface area contributed by atoms with E-state index in [4.69, 9.17) is 9.15 Å². The molecule has 3 rings (SSSR count). The molecule has 2 atom stereocenters. The van der Waals surface area contributed by atoms with Gasteiger partial charge in [-0.3, -0.25) is 0 Å². The van der Waals surface area contributed by atoms with E-state index in [1.54, 1.807) is 12.1 Å². The third-order valence-corrected chi connectivity index (χ3v) is 3.59. The summed E-state index contributed by atoms with van der Waals surface area (Å²) >= 11 is 0. The molecule has 2 aromatic rings. The third-order valence-electron chi connectivity index (χ3n) is 3.59. The highest BCUT2D eigenvalue weighted by atomic mass is 19.1. The Bertz CT molecular complexity index is 569. The molecule has 0 saturated carbocycles. The predicted octanol–water partition coefficient (Wildman–Crippen LogP) is 3.17. The zero-order valence-corrected chi connectivity index (χ0v) is 10.1. The van der Waals surface area contributed by atoms with Crippen molar-refractivity contribution in [2.75, 3.05) is 6.61 Å². The maximum Gasteiger partial charge on any atom is 0.140 e. The van der Waals surface area contributed by atoms with E-state index in [1.165, 1.54) is 12.1 Å². The number of benzene rings is 1. The van der Waals surface area contributed by atoms with Crippen LogP contribution in [0.2, 0.25) is 0 Å². The largest absolute Gasteiger partial charge is 0.458 e. The van der Waals surface area contributed by atoms with Crippen molar-refractivity contribution < 1.29 is 18.7 Å². The van der Waals surface area contributed by atoms with Gasteiger partial charge < -0.3 is 14.3 Å². The number of ether oxygens (including phenoxy) is 1. The van der Waals surface area contributed by atoms with Crippen molar-refractivity contribution in [1.29, 1.82) is 0 Å². The number of hydrogen-bond donors (Lipinski definition) is 1. The molecule has 2 unspecified atom stereocenters. The molecule has 1 fully saturated rings. The minimum atomic E-state index is -0.824. The van der Waals surface area contributed by atoms with Crippen LogP contribution in [-0.2, 0) is 4.74 Å². The van der Waals surface area contributed by atoms with Gasteiger partial charge in [0, 0.05) is 12.0 Å². The van der Waals surface area contributed by atoms with Gasteiger partial charge in [0.15, 0.2) is 0 Å². The van der Waals surface area contributed by atoms with Crippen LogP contribution in [0.3, 0.4) is 0 Å². The number of rotatable bonds is 2. The highest BCUT2D eigenvalue weighted by molar-refractivity contribution is 5.78. The molecule has 2 heterocycles. The number of aliphatic hydroxyl groups is 1. The zero-order chi connectivity index (χ0) is 12.8. The van der Waals surface area contributed by atoms with Crippen molar-refractivity contribution in [2.24, 2.45) is 0 Å². The fraction of sp³-hybridized carbons (Fsp3) is 0.429. The van der Waals surface area contributed by atoms with Crippen LogP contribution in [0, 0.1) is 5.82 Å². The summed E-state index contributed by atoms with van der Waals surface area (Å²) in [5.74, 6) is 0.118. The first-order chi connectivity index (χ1) is 8.58. The van der Waals surface area contributed by atoms with Gasteiger partial charge in [0.05, 0.1) is 5.60 Å². The Kier molecular flexibility index (Phi) is 2.64. The average Bonchev–Trinajstić information content (AvgIpc) is 2.94. The van der Waals surface area contributed by atoms with Crippen LogP contribution >= 0.6 is 0 Å². The molecular formula is C14H15FO3. The van der Waals surface area contributed by atoms with E-state index in [9.17, 15) is 9.50 Å². The van der Waals surface area contributed by atoms with Gasteiger partial charge >= 0.3 is 0 Å². The van der Waals surface area contributed by atoms with E-state index in [0.29, 0.717) is 23.3 Å². The number of halogens is 1. The zero-order valence-electron chi connectivity index (χ0n) is 10.1. The Balaban J connectivity index is 1.98. The van der Waals surface area contributed by atoms with Gasteiger partial charge in [0.25, 0.3) is 0 Å². The van der Waals surface area contributed by atoms with E-state index in [1.807, 2.05) is 6.92 Å². The molecule has 0 spiro atoms. The van der Waals surface area contributed by atoms with E-state index < -0.39 is 11.7 Å². The number of aliphatic hydroxyl groups excluding tert-OH is 1. The van der Waals surface area contributed by atoms with Gasteiger partial charge in [-0.15, -0.1) is 0 Å². The van der Waals surface area contributed by atoms with E-state index in [-0.39, 0.29) is 5.82 Å². The molecule has 3 nitrogen and oxygen atoms in total. The van der Waals surface area contributed by atoms with Gasteiger partial charge in [-0.05, 0) is 44.0 Å². The third kappa shape index (κ3) is 1.82. The molecule has 4 heteroatoms. The fourth-order valence-corrected chi connectivity index (χ4v) is 2.49. The first kappa shape index (κ1) is 11.7. The Morgan fingerprint density at radius 1 is 1.39 bits per heavy atom. The van der Waals surface area contributed by atoms with Crippen LogP contribution in [0.4, 0.5) is 4.39 Å². The normalized spacial score (nSPS) is 25.7. The van der Waals surface area contributed by atoms with Crippen LogP contribution in [0.1, 0.15) is 31.6 Å². The molecule has 1 aliphatic heterocycles. The maximum atomic E-state index is 13.1. The topological polar surface area (TPSA) is 42.6 Å². The van der Waals surface area contributed by atoms with E-state index in [0.717, 1.165) is 12.8 Å². The maximum absolute atomic E-state index is 13.1. The van der Waals surface area contributed by atoms with Gasteiger partial charge in [0.1, 0.15) is 23.3 Å².